The molecule has 4 nitrogen and oxygen atoms in total. The third kappa shape index (κ3) is 3.18. The van der Waals surface area contributed by atoms with Crippen LogP contribution in [-0.2, 0) is 4.74 Å². The Labute approximate surface area is 132 Å². The molecule has 0 bridgehead atoms. The number of hydrogen-bond donors (Lipinski definition) is 1. The lowest BCUT2D eigenvalue weighted by Crippen LogP contribution is -2.32. The molecule has 1 aliphatic rings. The highest BCUT2D eigenvalue weighted by Crippen LogP contribution is 2.32. The highest BCUT2D eigenvalue weighted by molar-refractivity contribution is 7.15. The highest BCUT2D eigenvalue weighted by atomic mass is 32.1. The predicted octanol–water partition coefficient (Wildman–Crippen LogP) is 3.17. The number of carbonyl (C=O) groups excluding carboxylic acids is 1. The Morgan fingerprint density at radius 1 is 1.50 bits per heavy atom. The second-order valence-corrected chi connectivity index (χ2v) is 6.44. The molecule has 116 valence electrons. The van der Waals surface area contributed by atoms with E-state index in [1.54, 1.807) is 18.2 Å². The fourth-order valence-corrected chi connectivity index (χ4v) is 3.45. The molecular formula is C16H17FN2O2S. The van der Waals surface area contributed by atoms with E-state index in [1.165, 1.54) is 17.4 Å². The smallest absolute Gasteiger partial charge is 0.271 e. The van der Waals surface area contributed by atoms with Crippen LogP contribution in [0.4, 0.5) is 4.39 Å². The number of nitrogens with zero attached hydrogens (tertiary/aromatic N) is 1. The predicted molar refractivity (Wildman–Crippen MR) is 83.6 cm³/mol. The molecule has 0 radical (unpaired) electrons. The van der Waals surface area contributed by atoms with Crippen molar-refractivity contribution in [3.8, 4) is 10.4 Å². The van der Waals surface area contributed by atoms with Crippen molar-refractivity contribution >= 4 is 17.2 Å². The monoisotopic (exact) mass is 320 g/mol. The molecule has 2 heterocycles. The van der Waals surface area contributed by atoms with Crippen LogP contribution in [0.5, 0.6) is 0 Å². The molecule has 1 saturated heterocycles. The van der Waals surface area contributed by atoms with Gasteiger partial charge < -0.3 is 10.1 Å². The second kappa shape index (κ2) is 6.54. The molecule has 1 atom stereocenters. The van der Waals surface area contributed by atoms with E-state index < -0.39 is 0 Å². The van der Waals surface area contributed by atoms with Gasteiger partial charge in [0.2, 0.25) is 0 Å². The molecule has 1 fully saturated rings. The lowest BCUT2D eigenvalue weighted by atomic mass is 10.1. The fraction of sp³-hybridized carbons (Fsp3) is 0.375. The van der Waals surface area contributed by atoms with Gasteiger partial charge in [-0.25, -0.2) is 9.37 Å². The van der Waals surface area contributed by atoms with E-state index in [0.717, 1.165) is 24.5 Å². The Hall–Kier alpha value is -1.79. The van der Waals surface area contributed by atoms with Crippen LogP contribution in [0.15, 0.2) is 24.3 Å². The van der Waals surface area contributed by atoms with Crippen molar-refractivity contribution in [1.82, 2.24) is 10.3 Å². The highest BCUT2D eigenvalue weighted by Gasteiger charge is 2.22. The van der Waals surface area contributed by atoms with Crippen LogP contribution in [0.25, 0.3) is 10.4 Å². The number of nitrogens with one attached hydrogen (secondary N) is 1. The number of benzene rings is 1. The first-order valence-electron chi connectivity index (χ1n) is 7.27. The van der Waals surface area contributed by atoms with Crippen LogP contribution in [-0.4, -0.2) is 30.1 Å². The summed E-state index contributed by atoms with van der Waals surface area (Å²) < 4.78 is 19.5. The summed E-state index contributed by atoms with van der Waals surface area (Å²) in [4.78, 5) is 17.2. The standard InChI is InChI=1S/C16H17FN2O2S/c1-10-19-14(16(20)18-9-11-5-4-8-21-11)15(22-10)12-6-2-3-7-13(12)17/h2-3,6-7,11H,4-5,8-9H2,1H3,(H,18,20). The van der Waals surface area contributed by atoms with E-state index in [2.05, 4.69) is 10.3 Å². The molecule has 0 spiro atoms. The number of halogens is 1. The molecule has 0 saturated carbocycles. The Kier molecular flexibility index (Phi) is 4.49. The minimum absolute atomic E-state index is 0.0700. The second-order valence-electron chi connectivity index (χ2n) is 5.24. The maximum atomic E-state index is 14.0. The van der Waals surface area contributed by atoms with Crippen molar-refractivity contribution in [1.29, 1.82) is 0 Å². The van der Waals surface area contributed by atoms with Crippen molar-refractivity contribution in [3.63, 3.8) is 0 Å². The number of thiazole rings is 1. The lowest BCUT2D eigenvalue weighted by molar-refractivity contribution is 0.0854. The molecular weight excluding hydrogens is 303 g/mol. The summed E-state index contributed by atoms with van der Waals surface area (Å²) in [5.74, 6) is -0.627. The first-order valence-corrected chi connectivity index (χ1v) is 8.09. The quantitative estimate of drug-likeness (QED) is 0.941. The summed E-state index contributed by atoms with van der Waals surface area (Å²) in [5.41, 5.74) is 0.695. The summed E-state index contributed by atoms with van der Waals surface area (Å²) >= 11 is 1.32. The number of ether oxygens (including phenoxy) is 1. The van der Waals surface area contributed by atoms with Gasteiger partial charge in [0.25, 0.3) is 5.91 Å². The maximum Gasteiger partial charge on any atom is 0.271 e. The number of aromatic nitrogens is 1. The van der Waals surface area contributed by atoms with Crippen molar-refractivity contribution in [3.05, 3.63) is 40.8 Å². The average Bonchev–Trinajstić information content (AvgIpc) is 3.14. The van der Waals surface area contributed by atoms with Crippen LogP contribution in [0.3, 0.4) is 0 Å². The zero-order valence-corrected chi connectivity index (χ0v) is 13.1. The summed E-state index contributed by atoms with van der Waals surface area (Å²) in [6.45, 7) is 3.02. The summed E-state index contributed by atoms with van der Waals surface area (Å²) in [7, 11) is 0. The van der Waals surface area contributed by atoms with Gasteiger partial charge in [-0.15, -0.1) is 11.3 Å². The molecule has 1 aromatic carbocycles. The number of amides is 1. The summed E-state index contributed by atoms with van der Waals surface area (Å²) in [5, 5.41) is 3.58. The van der Waals surface area contributed by atoms with E-state index in [-0.39, 0.29) is 23.5 Å². The van der Waals surface area contributed by atoms with Gasteiger partial charge in [-0.2, -0.15) is 0 Å². The third-order valence-electron chi connectivity index (χ3n) is 3.58. The molecule has 1 aliphatic heterocycles. The first kappa shape index (κ1) is 15.1. The van der Waals surface area contributed by atoms with Crippen molar-refractivity contribution in [2.75, 3.05) is 13.2 Å². The molecule has 1 N–H and O–H groups in total. The molecule has 3 rings (SSSR count). The molecule has 1 amide bonds. The van der Waals surface area contributed by atoms with E-state index in [1.807, 2.05) is 6.92 Å². The van der Waals surface area contributed by atoms with E-state index in [9.17, 15) is 9.18 Å². The molecule has 22 heavy (non-hydrogen) atoms. The summed E-state index contributed by atoms with van der Waals surface area (Å²) in [6, 6.07) is 6.43. The SMILES string of the molecule is Cc1nc(C(=O)NCC2CCCO2)c(-c2ccccc2F)s1. The zero-order valence-electron chi connectivity index (χ0n) is 12.3. The van der Waals surface area contributed by atoms with Crippen LogP contribution >= 0.6 is 11.3 Å². The first-order chi connectivity index (χ1) is 10.6. The number of hydrogen-bond acceptors (Lipinski definition) is 4. The van der Waals surface area contributed by atoms with Gasteiger partial charge in [0.1, 0.15) is 11.5 Å². The van der Waals surface area contributed by atoms with Crippen LogP contribution < -0.4 is 5.32 Å². The largest absolute Gasteiger partial charge is 0.376 e. The van der Waals surface area contributed by atoms with Gasteiger partial charge in [0, 0.05) is 18.7 Å². The summed E-state index contributed by atoms with van der Waals surface area (Å²) in [6.07, 6.45) is 2.05. The molecule has 0 aliphatic carbocycles. The third-order valence-corrected chi connectivity index (χ3v) is 4.59. The van der Waals surface area contributed by atoms with Crippen molar-refractivity contribution < 1.29 is 13.9 Å². The number of carbonyl (C=O) groups is 1. The van der Waals surface area contributed by atoms with Crippen molar-refractivity contribution in [2.24, 2.45) is 0 Å². The van der Waals surface area contributed by atoms with Crippen LogP contribution in [0, 0.1) is 12.7 Å². The van der Waals surface area contributed by atoms with E-state index in [4.69, 9.17) is 4.74 Å². The van der Waals surface area contributed by atoms with E-state index in [0.29, 0.717) is 17.0 Å². The molecule has 6 heteroatoms. The Morgan fingerprint density at radius 3 is 3.05 bits per heavy atom. The number of aryl methyl sites for hydroxylation is 1. The maximum absolute atomic E-state index is 14.0. The van der Waals surface area contributed by atoms with Crippen LogP contribution in [0.1, 0.15) is 28.3 Å². The minimum atomic E-state index is -0.348. The van der Waals surface area contributed by atoms with Gasteiger partial charge in [-0.1, -0.05) is 18.2 Å². The van der Waals surface area contributed by atoms with Crippen LogP contribution in [0.2, 0.25) is 0 Å². The number of rotatable bonds is 4. The Bertz CT molecular complexity index is 681. The van der Waals surface area contributed by atoms with Gasteiger partial charge in [0.15, 0.2) is 0 Å². The van der Waals surface area contributed by atoms with E-state index >= 15 is 0 Å². The zero-order chi connectivity index (χ0) is 15.5. The molecule has 1 aromatic heterocycles. The van der Waals surface area contributed by atoms with Crippen molar-refractivity contribution in [2.45, 2.75) is 25.9 Å². The fourth-order valence-electron chi connectivity index (χ4n) is 2.50. The Morgan fingerprint density at radius 2 is 2.32 bits per heavy atom. The average molecular weight is 320 g/mol. The Balaban J connectivity index is 1.81. The van der Waals surface area contributed by atoms with Gasteiger partial charge in [-0.3, -0.25) is 4.79 Å². The molecule has 2 aromatic rings. The molecule has 1 unspecified atom stereocenters. The normalized spacial score (nSPS) is 17.6. The minimum Gasteiger partial charge on any atom is -0.376 e. The van der Waals surface area contributed by atoms with Gasteiger partial charge in [-0.05, 0) is 25.8 Å². The van der Waals surface area contributed by atoms with Gasteiger partial charge in [0.05, 0.1) is 16.0 Å². The lowest BCUT2D eigenvalue weighted by Gasteiger charge is -2.10. The topological polar surface area (TPSA) is 51.2 Å². The van der Waals surface area contributed by atoms with Gasteiger partial charge >= 0.3 is 0 Å².